The first-order valence-corrected chi connectivity index (χ1v) is 7.92. The number of likely N-dealkylation sites (tertiary alicyclic amines) is 1. The van der Waals surface area contributed by atoms with Crippen molar-refractivity contribution in [1.29, 1.82) is 0 Å². The first-order valence-electron chi connectivity index (χ1n) is 7.04. The predicted octanol–water partition coefficient (Wildman–Crippen LogP) is 3.11. The normalized spacial score (nSPS) is 14.4. The molecule has 4 nitrogen and oxygen atoms in total. The molecule has 114 valence electrons. The van der Waals surface area contributed by atoms with E-state index in [1.807, 2.05) is 0 Å². The lowest BCUT2D eigenvalue weighted by Crippen LogP contribution is -2.42. The Morgan fingerprint density at radius 2 is 2.09 bits per heavy atom. The molecule has 1 aromatic heterocycles. The van der Waals surface area contributed by atoms with Crippen LogP contribution in [0.4, 0.5) is 10.1 Å². The van der Waals surface area contributed by atoms with Gasteiger partial charge < -0.3 is 4.90 Å². The van der Waals surface area contributed by atoms with Crippen molar-refractivity contribution in [2.45, 2.75) is 12.8 Å². The minimum Gasteiger partial charge on any atom is -0.324 e. The van der Waals surface area contributed by atoms with Gasteiger partial charge in [0.2, 0.25) is 5.91 Å². The minimum absolute atomic E-state index is 0.000295. The maximum atomic E-state index is 14.1. The highest BCUT2D eigenvalue weighted by Crippen LogP contribution is 2.24. The van der Waals surface area contributed by atoms with E-state index in [1.54, 1.807) is 40.6 Å². The third kappa shape index (κ3) is 2.87. The Labute approximate surface area is 131 Å². The lowest BCUT2D eigenvalue weighted by atomic mass is 10.2. The summed E-state index contributed by atoms with van der Waals surface area (Å²) in [7, 11) is 0. The number of rotatable bonds is 4. The van der Waals surface area contributed by atoms with Gasteiger partial charge >= 0.3 is 0 Å². The van der Waals surface area contributed by atoms with E-state index in [0.29, 0.717) is 17.8 Å². The summed E-state index contributed by atoms with van der Waals surface area (Å²) in [5.74, 6) is -0.765. The minimum atomic E-state index is -0.473. The van der Waals surface area contributed by atoms with Crippen LogP contribution in [-0.4, -0.2) is 29.9 Å². The summed E-state index contributed by atoms with van der Waals surface area (Å²) in [6, 6.07) is 9.61. The summed E-state index contributed by atoms with van der Waals surface area (Å²) in [4.78, 5) is 28.0. The monoisotopic (exact) mass is 318 g/mol. The fourth-order valence-corrected chi connectivity index (χ4v) is 3.15. The van der Waals surface area contributed by atoms with Gasteiger partial charge in [-0.2, -0.15) is 0 Å². The lowest BCUT2D eigenvalue weighted by molar-refractivity contribution is -0.127. The van der Waals surface area contributed by atoms with Gasteiger partial charge in [0.25, 0.3) is 5.91 Å². The van der Waals surface area contributed by atoms with Gasteiger partial charge in [-0.05, 0) is 30.0 Å². The van der Waals surface area contributed by atoms with E-state index in [1.165, 1.54) is 22.3 Å². The van der Waals surface area contributed by atoms with Gasteiger partial charge in [-0.1, -0.05) is 18.2 Å². The molecule has 0 N–H and O–H groups in total. The highest BCUT2D eigenvalue weighted by atomic mass is 32.1. The van der Waals surface area contributed by atoms with Gasteiger partial charge in [-0.25, -0.2) is 4.39 Å². The maximum absolute atomic E-state index is 14.1. The van der Waals surface area contributed by atoms with Crippen LogP contribution < -0.4 is 4.90 Å². The van der Waals surface area contributed by atoms with Gasteiger partial charge in [0.1, 0.15) is 12.5 Å². The number of hydrogen-bond acceptors (Lipinski definition) is 3. The van der Waals surface area contributed by atoms with Crippen LogP contribution in [0.3, 0.4) is 0 Å². The number of nitrogens with zero attached hydrogens (tertiary/aromatic N) is 2. The number of anilines is 1. The van der Waals surface area contributed by atoms with E-state index in [-0.39, 0.29) is 24.2 Å². The van der Waals surface area contributed by atoms with Crippen LogP contribution in [0.1, 0.15) is 22.5 Å². The van der Waals surface area contributed by atoms with Crippen LogP contribution >= 0.6 is 11.3 Å². The summed E-state index contributed by atoms with van der Waals surface area (Å²) in [6.45, 7) is 0.679. The van der Waals surface area contributed by atoms with Crippen molar-refractivity contribution in [1.82, 2.24) is 4.90 Å². The zero-order valence-electron chi connectivity index (χ0n) is 11.9. The van der Waals surface area contributed by atoms with E-state index in [4.69, 9.17) is 0 Å². The quantitative estimate of drug-likeness (QED) is 0.869. The first-order chi connectivity index (χ1) is 10.7. The predicted molar refractivity (Wildman–Crippen MR) is 83.3 cm³/mol. The molecule has 2 amide bonds. The van der Waals surface area contributed by atoms with E-state index in [9.17, 15) is 14.0 Å². The molecule has 1 aromatic carbocycles. The van der Waals surface area contributed by atoms with Gasteiger partial charge in [0.15, 0.2) is 0 Å². The lowest BCUT2D eigenvalue weighted by Gasteiger charge is -2.28. The summed E-state index contributed by atoms with van der Waals surface area (Å²) >= 11 is 1.30. The largest absolute Gasteiger partial charge is 0.324 e. The zero-order valence-corrected chi connectivity index (χ0v) is 12.7. The molecule has 0 spiro atoms. The Morgan fingerprint density at radius 3 is 2.73 bits per heavy atom. The summed E-state index contributed by atoms with van der Waals surface area (Å²) in [5.41, 5.74) is 0.195. The number of amides is 2. The topological polar surface area (TPSA) is 40.6 Å². The smallest absolute Gasteiger partial charge is 0.269 e. The number of carbonyl (C=O) groups is 2. The van der Waals surface area contributed by atoms with Crippen LogP contribution in [0.5, 0.6) is 0 Å². The molecule has 0 atom stereocenters. The van der Waals surface area contributed by atoms with E-state index in [2.05, 4.69) is 0 Å². The van der Waals surface area contributed by atoms with Gasteiger partial charge in [0.05, 0.1) is 10.6 Å². The standard InChI is InChI=1S/C16H15FN2O2S/c17-12-5-1-2-6-13(12)19(11-18-9-3-8-15(18)20)16(21)14-7-4-10-22-14/h1-2,4-7,10H,3,8-9,11H2. The average Bonchev–Trinajstić information content (AvgIpc) is 3.17. The number of carbonyl (C=O) groups excluding carboxylic acids is 2. The van der Waals surface area contributed by atoms with E-state index < -0.39 is 5.82 Å². The molecular formula is C16H15FN2O2S. The second-order valence-corrected chi connectivity index (χ2v) is 6.01. The Balaban J connectivity index is 1.93. The maximum Gasteiger partial charge on any atom is 0.269 e. The molecule has 2 aromatic rings. The van der Waals surface area contributed by atoms with Crippen molar-refractivity contribution in [2.24, 2.45) is 0 Å². The molecule has 2 heterocycles. The van der Waals surface area contributed by atoms with Gasteiger partial charge in [-0.15, -0.1) is 11.3 Å². The summed E-state index contributed by atoms with van der Waals surface area (Å²) < 4.78 is 14.1. The van der Waals surface area contributed by atoms with Crippen molar-refractivity contribution in [3.05, 3.63) is 52.5 Å². The molecule has 1 fully saturated rings. The number of thiophene rings is 1. The third-order valence-corrected chi connectivity index (χ3v) is 4.46. The van der Waals surface area contributed by atoms with Crippen molar-refractivity contribution < 1.29 is 14.0 Å². The zero-order chi connectivity index (χ0) is 15.5. The molecule has 22 heavy (non-hydrogen) atoms. The summed E-state index contributed by atoms with van der Waals surface area (Å²) in [6.07, 6.45) is 1.26. The molecule has 6 heteroatoms. The highest BCUT2D eigenvalue weighted by Gasteiger charge is 2.28. The molecule has 1 aliphatic heterocycles. The molecule has 0 radical (unpaired) electrons. The molecular weight excluding hydrogens is 303 g/mol. The van der Waals surface area contributed by atoms with Crippen LogP contribution in [0.2, 0.25) is 0 Å². The highest BCUT2D eigenvalue weighted by molar-refractivity contribution is 7.12. The number of halogens is 1. The fraction of sp³-hybridized carbons (Fsp3) is 0.250. The molecule has 0 unspecified atom stereocenters. The van der Waals surface area contributed by atoms with Gasteiger partial charge in [-0.3, -0.25) is 14.5 Å². The van der Waals surface area contributed by atoms with Crippen LogP contribution in [0, 0.1) is 5.82 Å². The number of hydrogen-bond donors (Lipinski definition) is 0. The Morgan fingerprint density at radius 1 is 1.27 bits per heavy atom. The fourth-order valence-electron chi connectivity index (χ4n) is 2.48. The Hall–Kier alpha value is -2.21. The van der Waals surface area contributed by atoms with Crippen LogP contribution in [0.25, 0.3) is 0 Å². The SMILES string of the molecule is O=C1CCCN1CN(C(=O)c1cccs1)c1ccccc1F. The van der Waals surface area contributed by atoms with Crippen molar-refractivity contribution >= 4 is 28.8 Å². The molecule has 0 aliphatic carbocycles. The van der Waals surface area contributed by atoms with Crippen molar-refractivity contribution in [3.63, 3.8) is 0 Å². The second-order valence-electron chi connectivity index (χ2n) is 5.06. The van der Waals surface area contributed by atoms with Crippen LogP contribution in [-0.2, 0) is 4.79 Å². The molecule has 0 bridgehead atoms. The molecule has 1 aliphatic rings. The van der Waals surface area contributed by atoms with E-state index >= 15 is 0 Å². The molecule has 0 saturated carbocycles. The molecule has 1 saturated heterocycles. The van der Waals surface area contributed by atoms with Crippen molar-refractivity contribution in [2.75, 3.05) is 18.1 Å². The summed E-state index contributed by atoms with van der Waals surface area (Å²) in [5, 5.41) is 1.80. The number of para-hydroxylation sites is 1. The number of benzene rings is 1. The Kier molecular flexibility index (Phi) is 4.20. The second kappa shape index (κ2) is 6.27. The van der Waals surface area contributed by atoms with Crippen molar-refractivity contribution in [3.8, 4) is 0 Å². The third-order valence-electron chi connectivity index (χ3n) is 3.60. The van der Waals surface area contributed by atoms with Gasteiger partial charge in [0, 0.05) is 13.0 Å². The van der Waals surface area contributed by atoms with Crippen LogP contribution in [0.15, 0.2) is 41.8 Å². The average molecular weight is 318 g/mol. The molecule has 3 rings (SSSR count). The van der Waals surface area contributed by atoms with E-state index in [0.717, 1.165) is 6.42 Å². The first kappa shape index (κ1) is 14.7. The Bertz CT molecular complexity index is 687.